The Morgan fingerprint density at radius 3 is 1.71 bits per heavy atom. The normalized spacial score (nSPS) is 30.4. The number of carbonyl (C=O) groups excluding carboxylic acids is 2. The van der Waals surface area contributed by atoms with Gasteiger partial charge in [-0.3, -0.25) is 9.59 Å². The predicted octanol–water partition coefficient (Wildman–Crippen LogP) is 7.22. The lowest BCUT2D eigenvalue weighted by Gasteiger charge is -2.30. The Labute approximate surface area is 344 Å². The molecule has 0 radical (unpaired) electrons. The van der Waals surface area contributed by atoms with Crippen molar-refractivity contribution < 1.29 is 43.0 Å². The second-order valence-corrected chi connectivity index (χ2v) is 20.4. The molecule has 3 aliphatic heterocycles. The summed E-state index contributed by atoms with van der Waals surface area (Å²) in [6.07, 6.45) is 13.0. The average molecular weight is 844 g/mol. The van der Waals surface area contributed by atoms with E-state index in [4.69, 9.17) is 28.3 Å². The Morgan fingerprint density at radius 1 is 0.696 bits per heavy atom. The first-order valence-electron chi connectivity index (χ1n) is 20.9. The lowest BCUT2D eigenvalue weighted by atomic mass is 9.86. The van der Waals surface area contributed by atoms with Crippen LogP contribution in [0.3, 0.4) is 0 Å². The van der Waals surface area contributed by atoms with Gasteiger partial charge in [0.2, 0.25) is 0 Å². The molecule has 3 heterocycles. The van der Waals surface area contributed by atoms with Crippen molar-refractivity contribution in [3.05, 3.63) is 71.8 Å². The maximum Gasteiger partial charge on any atom is 0.336 e. The van der Waals surface area contributed by atoms with E-state index >= 15 is 0 Å². The molecule has 56 heavy (non-hydrogen) atoms. The number of carbonyl (C=O) groups is 2. The third kappa shape index (κ3) is 13.5. The van der Waals surface area contributed by atoms with Gasteiger partial charge in [0, 0.05) is 43.5 Å². The predicted molar refractivity (Wildman–Crippen MR) is 235 cm³/mol. The molecule has 2 aromatic carbocycles. The van der Waals surface area contributed by atoms with E-state index in [9.17, 15) is 14.7 Å². The molecule has 0 aromatic heterocycles. The Morgan fingerprint density at radius 2 is 1.21 bits per heavy atom. The first-order chi connectivity index (χ1) is 27.1. The summed E-state index contributed by atoms with van der Waals surface area (Å²) in [7, 11) is 10.7. The van der Waals surface area contributed by atoms with Crippen LogP contribution in [-0.4, -0.2) is 79.3 Å². The number of fused-ring (bicyclic) bond motifs is 2. The molecule has 0 bridgehead atoms. The Kier molecular flexibility index (Phi) is 18.0. The molecule has 5 aliphatic rings. The van der Waals surface area contributed by atoms with E-state index in [1.54, 1.807) is 0 Å². The zero-order chi connectivity index (χ0) is 39.4. The van der Waals surface area contributed by atoms with E-state index < -0.39 is 0 Å². The molecule has 2 saturated carbocycles. The molecule has 3 saturated heterocycles. The summed E-state index contributed by atoms with van der Waals surface area (Å²) >= 11 is 0. The minimum atomic E-state index is -0.319. The summed E-state index contributed by atoms with van der Waals surface area (Å²) < 4.78 is 35.5. The van der Waals surface area contributed by atoms with E-state index in [1.165, 1.54) is 17.5 Å². The molecule has 0 spiro atoms. The van der Waals surface area contributed by atoms with Gasteiger partial charge in [0.15, 0.2) is 6.29 Å². The van der Waals surface area contributed by atoms with Gasteiger partial charge in [-0.15, -0.1) is 36.5 Å². The van der Waals surface area contributed by atoms with Gasteiger partial charge in [-0.2, -0.15) is 0 Å². The van der Waals surface area contributed by atoms with Crippen molar-refractivity contribution in [2.45, 2.75) is 139 Å². The molecule has 306 valence electrons. The van der Waals surface area contributed by atoms with Gasteiger partial charge in [-0.1, -0.05) is 60.7 Å². The first kappa shape index (κ1) is 44.6. The number of aryl methyl sites for hydroxylation is 2. The summed E-state index contributed by atoms with van der Waals surface area (Å²) in [5.74, 6) is 0.983. The molecule has 0 amide bonds. The third-order valence-corrected chi connectivity index (χ3v) is 12.9. The van der Waals surface area contributed by atoms with E-state index in [2.05, 4.69) is 78.9 Å². The van der Waals surface area contributed by atoms with Crippen LogP contribution in [-0.2, 0) is 50.7 Å². The van der Waals surface area contributed by atoms with Crippen LogP contribution < -0.4 is 0 Å². The Hall–Kier alpha value is -0.970. The zero-order valence-electron chi connectivity index (χ0n) is 32.6. The fraction of sp³-hybridized carbons (Fsp3) is 0.659. The number of benzene rings is 2. The van der Waals surface area contributed by atoms with Crippen molar-refractivity contribution in [1.82, 2.24) is 0 Å². The fourth-order valence-corrected chi connectivity index (χ4v) is 10.4. The van der Waals surface area contributed by atoms with Crippen LogP contribution in [0.25, 0.3) is 0 Å². The van der Waals surface area contributed by atoms with Gasteiger partial charge in [0.1, 0.15) is 12.2 Å². The molecule has 5 unspecified atom stereocenters. The highest BCUT2D eigenvalue weighted by Gasteiger charge is 2.51. The standard InChI is InChI=1S/C23H35BO5P2.C18H27BO4P2/c25-22-14-19-18(21(29-24(30)31)15-20(19)28-22)12-11-17(27-23-8-4-5-13-26-23)10-9-16-6-2-1-3-7-16;20-13(7-6-12-4-2-1-3-5-12)8-9-14-15-10-18(21)22-16(15)11-17(14)23-19(24)25/h1-3,6-7,17-21,23H,4-5,8-15,30-31H2;1-5,13-17,20H,6-11,24-25H2/t17-,18+,19+,20-,21+,23?;13-,14+,15+,16-,17+/m00/s1. The summed E-state index contributed by atoms with van der Waals surface area (Å²) in [4.78, 5) is 23.5. The van der Waals surface area contributed by atoms with Gasteiger partial charge >= 0.3 is 24.6 Å². The first-order valence-corrected chi connectivity index (χ1v) is 23.5. The summed E-state index contributed by atoms with van der Waals surface area (Å²) in [5.41, 5.74) is 2.60. The SMILES string of the molecule is O=C1C[C@@H]2[C@@H](CC[C@@H](O)CCc3ccccc3)[C@H](OB(P)P)C[C@@H]2O1.O=C1C[C@@H]2[C@@H](CC[C@H](CCc3ccccc3)OC3CCCCO3)[C@H](OB(P)P)C[C@@H]2O1. The molecule has 5 fully saturated rings. The second kappa shape index (κ2) is 22.6. The zero-order valence-corrected chi connectivity index (χ0v) is 37.2. The average Bonchev–Trinajstić information content (AvgIpc) is 3.90. The summed E-state index contributed by atoms with van der Waals surface area (Å²) in [5, 5.41) is 10.4. The fourth-order valence-electron chi connectivity index (χ4n) is 9.60. The third-order valence-electron chi connectivity index (χ3n) is 12.3. The minimum Gasteiger partial charge on any atom is -0.462 e. The number of aliphatic hydroxyl groups excluding tert-OH is 1. The van der Waals surface area contributed by atoms with Gasteiger partial charge in [0.25, 0.3) is 0 Å². The van der Waals surface area contributed by atoms with Crippen LogP contribution in [0.5, 0.6) is 0 Å². The highest BCUT2D eigenvalue weighted by atomic mass is 31.1. The van der Waals surface area contributed by atoms with E-state index in [1.807, 2.05) is 18.2 Å². The maximum absolute atomic E-state index is 11.9. The van der Waals surface area contributed by atoms with Crippen molar-refractivity contribution in [2.75, 3.05) is 6.61 Å². The largest absolute Gasteiger partial charge is 0.462 e. The van der Waals surface area contributed by atoms with Crippen LogP contribution in [0.1, 0.15) is 94.6 Å². The molecule has 15 atom stereocenters. The molecule has 2 aromatic rings. The van der Waals surface area contributed by atoms with E-state index in [-0.39, 0.29) is 85.3 Å². The van der Waals surface area contributed by atoms with Crippen molar-refractivity contribution in [3.8, 4) is 0 Å². The van der Waals surface area contributed by atoms with Crippen LogP contribution in [0.2, 0.25) is 0 Å². The summed E-state index contributed by atoms with van der Waals surface area (Å²) in [6, 6.07) is 20.9. The number of rotatable bonds is 18. The van der Waals surface area contributed by atoms with Gasteiger partial charge < -0.3 is 33.4 Å². The highest BCUT2D eigenvalue weighted by molar-refractivity contribution is 7.92. The number of hydrogen-bond donors (Lipinski definition) is 1. The Balaban J connectivity index is 0.000000194. The van der Waals surface area contributed by atoms with Crippen molar-refractivity contribution in [3.63, 3.8) is 0 Å². The molecule has 2 aliphatic carbocycles. The number of aliphatic hydroxyl groups is 1. The number of hydrogen-bond acceptors (Lipinski definition) is 9. The van der Waals surface area contributed by atoms with E-state index in [0.717, 1.165) is 83.7 Å². The van der Waals surface area contributed by atoms with Gasteiger partial charge in [0.05, 0.1) is 25.0 Å². The van der Waals surface area contributed by atoms with Crippen molar-refractivity contribution >= 4 is 61.1 Å². The Bertz CT molecular complexity index is 1490. The lowest BCUT2D eigenvalue weighted by molar-refractivity contribution is -0.191. The summed E-state index contributed by atoms with van der Waals surface area (Å²) in [6.45, 7) is 0.793. The van der Waals surface area contributed by atoms with Crippen LogP contribution in [0.4, 0.5) is 0 Å². The topological polar surface area (TPSA) is 110 Å². The molecular weight excluding hydrogens is 782 g/mol. The van der Waals surface area contributed by atoms with Crippen molar-refractivity contribution in [1.29, 1.82) is 0 Å². The lowest BCUT2D eigenvalue weighted by Crippen LogP contribution is -2.30. The smallest absolute Gasteiger partial charge is 0.336 e. The minimum absolute atomic E-state index is 0.00212. The number of esters is 2. The van der Waals surface area contributed by atoms with Crippen LogP contribution >= 0.6 is 36.5 Å². The van der Waals surface area contributed by atoms with Gasteiger partial charge in [-0.05, 0) is 93.6 Å². The molecule has 9 nitrogen and oxygen atoms in total. The molecule has 15 heteroatoms. The monoisotopic (exact) mass is 844 g/mol. The molecule has 1 N–H and O–H groups in total. The number of ether oxygens (including phenoxy) is 4. The highest BCUT2D eigenvalue weighted by Crippen LogP contribution is 2.47. The molecular formula is C41H62B2O9P4. The quantitative estimate of drug-likeness (QED) is 0.0946. The van der Waals surface area contributed by atoms with Crippen LogP contribution in [0, 0.1) is 23.7 Å². The van der Waals surface area contributed by atoms with Crippen LogP contribution in [0.15, 0.2) is 60.7 Å². The molecule has 7 rings (SSSR count). The second-order valence-electron chi connectivity index (χ2n) is 16.3. The maximum atomic E-state index is 11.9. The van der Waals surface area contributed by atoms with E-state index in [0.29, 0.717) is 18.8 Å². The van der Waals surface area contributed by atoms with Crippen molar-refractivity contribution in [2.24, 2.45) is 23.7 Å². The van der Waals surface area contributed by atoms with Gasteiger partial charge in [-0.25, -0.2) is 0 Å².